The molecule has 7 heteroatoms. The number of fused-ring (bicyclic) bond motifs is 1. The molecule has 0 aliphatic carbocycles. The Labute approximate surface area is 183 Å². The van der Waals surface area contributed by atoms with Gasteiger partial charge >= 0.3 is 0 Å². The van der Waals surface area contributed by atoms with Crippen LogP contribution in [0.3, 0.4) is 0 Å². The molecule has 2 aliphatic heterocycles. The zero-order valence-corrected chi connectivity index (χ0v) is 18.4. The molecule has 31 heavy (non-hydrogen) atoms. The molecule has 2 aliphatic rings. The van der Waals surface area contributed by atoms with E-state index in [4.69, 9.17) is 14.2 Å². The third-order valence-electron chi connectivity index (χ3n) is 6.03. The predicted molar refractivity (Wildman–Crippen MR) is 115 cm³/mol. The molecule has 1 aromatic carbocycles. The molecule has 1 spiro atoms. The lowest BCUT2D eigenvalue weighted by molar-refractivity contribution is -0.110. The average Bonchev–Trinajstić information content (AvgIpc) is 2.75. The minimum Gasteiger partial charge on any atom is -0.492 e. The quantitative estimate of drug-likeness (QED) is 0.733. The lowest BCUT2D eigenvalue weighted by Gasteiger charge is -2.47. The van der Waals surface area contributed by atoms with Gasteiger partial charge in [-0.25, -0.2) is 4.39 Å². The van der Waals surface area contributed by atoms with Gasteiger partial charge in [0, 0.05) is 37.9 Å². The Kier molecular flexibility index (Phi) is 6.46. The molecule has 1 saturated heterocycles. The molecule has 1 fully saturated rings. The van der Waals surface area contributed by atoms with Crippen molar-refractivity contribution < 1.29 is 23.7 Å². The third kappa shape index (κ3) is 4.84. The summed E-state index contributed by atoms with van der Waals surface area (Å²) in [5.41, 5.74) is 0.999. The number of aromatic nitrogens is 1. The van der Waals surface area contributed by atoms with E-state index in [0.717, 1.165) is 18.4 Å². The number of rotatable bonds is 6. The number of piperidine rings is 1. The number of halogens is 1. The number of pyridine rings is 1. The van der Waals surface area contributed by atoms with Crippen molar-refractivity contribution in [1.29, 1.82) is 0 Å². The Morgan fingerprint density at radius 2 is 2.03 bits per heavy atom. The van der Waals surface area contributed by atoms with E-state index < -0.39 is 6.23 Å². The molecule has 1 N–H and O–H groups in total. The SMILES string of the molecule is CCOc1ccc(C(O)N2CCC3(CC2)C[C@@H](OC(C)C)c2cc(F)ccc2O3)nc1. The van der Waals surface area contributed by atoms with Gasteiger partial charge in [-0.15, -0.1) is 0 Å². The molecular formula is C24H31FN2O4. The normalized spacial score (nSPS) is 21.5. The van der Waals surface area contributed by atoms with Crippen molar-refractivity contribution in [3.05, 3.63) is 53.6 Å². The first-order valence-electron chi connectivity index (χ1n) is 11.0. The Morgan fingerprint density at radius 3 is 2.68 bits per heavy atom. The van der Waals surface area contributed by atoms with Crippen molar-refractivity contribution in [3.63, 3.8) is 0 Å². The van der Waals surface area contributed by atoms with Crippen LogP contribution in [0.5, 0.6) is 11.5 Å². The molecule has 3 heterocycles. The highest BCUT2D eigenvalue weighted by Gasteiger charge is 2.45. The first kappa shape index (κ1) is 22.0. The summed E-state index contributed by atoms with van der Waals surface area (Å²) in [6.07, 6.45) is 2.86. The Morgan fingerprint density at radius 1 is 1.26 bits per heavy atom. The van der Waals surface area contributed by atoms with Crippen molar-refractivity contribution in [3.8, 4) is 11.5 Å². The zero-order chi connectivity index (χ0) is 22.0. The number of aliphatic hydroxyl groups excluding tert-OH is 1. The highest BCUT2D eigenvalue weighted by Crippen LogP contribution is 2.46. The summed E-state index contributed by atoms with van der Waals surface area (Å²) >= 11 is 0. The first-order chi connectivity index (χ1) is 14.9. The van der Waals surface area contributed by atoms with E-state index in [1.165, 1.54) is 12.1 Å². The molecule has 1 aromatic heterocycles. The first-order valence-corrected chi connectivity index (χ1v) is 11.0. The van der Waals surface area contributed by atoms with Crippen LogP contribution in [0.25, 0.3) is 0 Å². The van der Waals surface area contributed by atoms with Gasteiger partial charge in [0.15, 0.2) is 6.23 Å². The van der Waals surface area contributed by atoms with Crippen LogP contribution in [0.2, 0.25) is 0 Å². The number of hydrogen-bond donors (Lipinski definition) is 1. The summed E-state index contributed by atoms with van der Waals surface area (Å²) in [5, 5.41) is 10.8. The van der Waals surface area contributed by atoms with E-state index in [0.29, 0.717) is 43.3 Å². The number of likely N-dealkylation sites (tertiary alicyclic amines) is 1. The number of aliphatic hydroxyl groups is 1. The summed E-state index contributed by atoms with van der Waals surface area (Å²) in [6, 6.07) is 8.28. The molecule has 2 atom stereocenters. The molecular weight excluding hydrogens is 399 g/mol. The van der Waals surface area contributed by atoms with Crippen molar-refractivity contribution >= 4 is 0 Å². The smallest absolute Gasteiger partial charge is 0.150 e. The van der Waals surface area contributed by atoms with Crippen molar-refractivity contribution in [2.45, 2.75) is 64.1 Å². The van der Waals surface area contributed by atoms with E-state index >= 15 is 0 Å². The van der Waals surface area contributed by atoms with E-state index in [2.05, 4.69) is 4.98 Å². The van der Waals surface area contributed by atoms with Gasteiger partial charge in [-0.3, -0.25) is 9.88 Å². The third-order valence-corrected chi connectivity index (χ3v) is 6.03. The second kappa shape index (κ2) is 9.10. The fraction of sp³-hybridized carbons (Fsp3) is 0.542. The lowest BCUT2D eigenvalue weighted by atomic mass is 9.81. The van der Waals surface area contributed by atoms with Gasteiger partial charge in [-0.05, 0) is 51.1 Å². The number of benzene rings is 1. The van der Waals surface area contributed by atoms with Crippen molar-refractivity contribution in [1.82, 2.24) is 9.88 Å². The van der Waals surface area contributed by atoms with Gasteiger partial charge in [0.25, 0.3) is 0 Å². The Hall–Kier alpha value is -2.22. The molecule has 1 unspecified atom stereocenters. The molecule has 2 aromatic rings. The van der Waals surface area contributed by atoms with E-state index in [1.807, 2.05) is 31.7 Å². The topological polar surface area (TPSA) is 64.1 Å². The maximum Gasteiger partial charge on any atom is 0.150 e. The van der Waals surface area contributed by atoms with E-state index in [9.17, 15) is 9.50 Å². The van der Waals surface area contributed by atoms with Crippen LogP contribution in [-0.2, 0) is 4.74 Å². The fourth-order valence-electron chi connectivity index (χ4n) is 4.50. The molecule has 0 saturated carbocycles. The van der Waals surface area contributed by atoms with Crippen LogP contribution in [-0.4, -0.2) is 46.4 Å². The molecule has 0 amide bonds. The van der Waals surface area contributed by atoms with Crippen LogP contribution in [0.1, 0.15) is 63.6 Å². The molecule has 6 nitrogen and oxygen atoms in total. The summed E-state index contributed by atoms with van der Waals surface area (Å²) in [7, 11) is 0. The van der Waals surface area contributed by atoms with Gasteiger partial charge in [0.05, 0.1) is 30.7 Å². The Balaban J connectivity index is 1.46. The van der Waals surface area contributed by atoms with Crippen molar-refractivity contribution in [2.75, 3.05) is 19.7 Å². The van der Waals surface area contributed by atoms with E-state index in [-0.39, 0.29) is 23.6 Å². The van der Waals surface area contributed by atoms with Crippen LogP contribution >= 0.6 is 0 Å². The van der Waals surface area contributed by atoms with Gasteiger partial charge in [0.1, 0.15) is 22.9 Å². The second-order valence-corrected chi connectivity index (χ2v) is 8.61. The summed E-state index contributed by atoms with van der Waals surface area (Å²) < 4.78 is 31.8. The highest BCUT2D eigenvalue weighted by molar-refractivity contribution is 5.39. The van der Waals surface area contributed by atoms with Gasteiger partial charge in [-0.2, -0.15) is 0 Å². The molecule has 0 radical (unpaired) electrons. The van der Waals surface area contributed by atoms with Crippen LogP contribution < -0.4 is 9.47 Å². The summed E-state index contributed by atoms with van der Waals surface area (Å²) in [5.74, 6) is 1.11. The maximum atomic E-state index is 13.8. The van der Waals surface area contributed by atoms with Crippen LogP contribution in [0, 0.1) is 5.82 Å². The molecule has 0 bridgehead atoms. The van der Waals surface area contributed by atoms with Crippen LogP contribution in [0.4, 0.5) is 4.39 Å². The number of hydrogen-bond acceptors (Lipinski definition) is 6. The average molecular weight is 431 g/mol. The standard InChI is InChI=1S/C24H31FN2O4/c1-4-29-18-6-7-20(26-15-18)23(28)27-11-9-24(10-12-27)14-22(30-16(2)3)19-13-17(25)5-8-21(19)31-24/h5-8,13,15-16,22-23,28H,4,9-12,14H2,1-3H3/t22-,23?/m1/s1. The van der Waals surface area contributed by atoms with Crippen molar-refractivity contribution in [2.24, 2.45) is 0 Å². The zero-order valence-electron chi connectivity index (χ0n) is 18.4. The lowest BCUT2D eigenvalue weighted by Crippen LogP contribution is -2.51. The molecule has 4 rings (SSSR count). The minimum absolute atomic E-state index is 0.0314. The minimum atomic E-state index is -0.777. The van der Waals surface area contributed by atoms with E-state index in [1.54, 1.807) is 18.3 Å². The van der Waals surface area contributed by atoms with Gasteiger partial charge in [-0.1, -0.05) is 0 Å². The largest absolute Gasteiger partial charge is 0.492 e. The second-order valence-electron chi connectivity index (χ2n) is 8.61. The maximum absolute atomic E-state index is 13.8. The number of ether oxygens (including phenoxy) is 3. The number of nitrogens with zero attached hydrogens (tertiary/aromatic N) is 2. The highest BCUT2D eigenvalue weighted by atomic mass is 19.1. The fourth-order valence-corrected chi connectivity index (χ4v) is 4.50. The predicted octanol–water partition coefficient (Wildman–Crippen LogP) is 4.39. The van der Waals surface area contributed by atoms with Gasteiger partial charge in [0.2, 0.25) is 0 Å². The summed E-state index contributed by atoms with van der Waals surface area (Å²) in [6.45, 7) is 7.82. The Bertz CT molecular complexity index is 882. The van der Waals surface area contributed by atoms with Crippen LogP contribution in [0.15, 0.2) is 36.5 Å². The summed E-state index contributed by atoms with van der Waals surface area (Å²) in [4.78, 5) is 6.37. The van der Waals surface area contributed by atoms with Gasteiger partial charge < -0.3 is 19.3 Å². The monoisotopic (exact) mass is 430 g/mol. The molecule has 168 valence electrons.